The van der Waals surface area contributed by atoms with Gasteiger partial charge in [-0.05, 0) is 79.9 Å². The number of carbonyl (C=O) groups excluding carboxylic acids is 2. The van der Waals surface area contributed by atoms with Crippen molar-refractivity contribution in [2.45, 2.75) is 27.2 Å². The van der Waals surface area contributed by atoms with Crippen molar-refractivity contribution in [3.05, 3.63) is 78.4 Å². The zero-order valence-corrected chi connectivity index (χ0v) is 24.7. The molecular formula is C33H41NO7. The number of carbonyl (C=O) groups is 2. The lowest BCUT2D eigenvalue weighted by Crippen LogP contribution is -2.27. The zero-order chi connectivity index (χ0) is 29.7. The number of esters is 2. The number of anilines is 1. The van der Waals surface area contributed by atoms with Crippen LogP contribution in [0.2, 0.25) is 0 Å². The third kappa shape index (κ3) is 10.2. The molecule has 0 unspecified atom stereocenters. The first-order chi connectivity index (χ1) is 19.7. The molecule has 0 fully saturated rings. The van der Waals surface area contributed by atoms with Gasteiger partial charge in [0, 0.05) is 19.8 Å². The number of ether oxygens (including phenoxy) is 5. The van der Waals surface area contributed by atoms with Gasteiger partial charge in [-0.2, -0.15) is 0 Å². The fraction of sp³-hybridized carbons (Fsp3) is 0.394. The molecule has 0 bridgehead atoms. The van der Waals surface area contributed by atoms with Crippen LogP contribution in [0.1, 0.15) is 37.6 Å². The summed E-state index contributed by atoms with van der Waals surface area (Å²) < 4.78 is 27.3. The van der Waals surface area contributed by atoms with Gasteiger partial charge in [-0.1, -0.05) is 31.2 Å². The molecule has 8 nitrogen and oxygen atoms in total. The van der Waals surface area contributed by atoms with Crippen LogP contribution in [0.15, 0.2) is 72.8 Å². The third-order valence-corrected chi connectivity index (χ3v) is 6.64. The van der Waals surface area contributed by atoms with Crippen LogP contribution in [0.4, 0.5) is 5.69 Å². The van der Waals surface area contributed by atoms with Gasteiger partial charge in [0.1, 0.15) is 24.7 Å². The van der Waals surface area contributed by atoms with Crippen molar-refractivity contribution < 1.29 is 33.3 Å². The third-order valence-electron chi connectivity index (χ3n) is 6.64. The van der Waals surface area contributed by atoms with E-state index >= 15 is 0 Å². The summed E-state index contributed by atoms with van der Waals surface area (Å²) in [5, 5.41) is 0. The van der Waals surface area contributed by atoms with Gasteiger partial charge in [-0.25, -0.2) is 4.79 Å². The summed E-state index contributed by atoms with van der Waals surface area (Å²) in [6.45, 7) is 7.80. The van der Waals surface area contributed by atoms with Crippen LogP contribution in [0, 0.1) is 5.41 Å². The molecule has 0 saturated carbocycles. The highest BCUT2D eigenvalue weighted by atomic mass is 16.6. The van der Waals surface area contributed by atoms with Crippen molar-refractivity contribution in [2.24, 2.45) is 5.41 Å². The van der Waals surface area contributed by atoms with Gasteiger partial charge < -0.3 is 28.6 Å². The summed E-state index contributed by atoms with van der Waals surface area (Å²) in [5.74, 6) is 0.455. The Balaban J connectivity index is 1.30. The van der Waals surface area contributed by atoms with Gasteiger partial charge in [0.2, 0.25) is 0 Å². The van der Waals surface area contributed by atoms with E-state index in [0.717, 1.165) is 23.2 Å². The van der Waals surface area contributed by atoms with E-state index in [4.69, 9.17) is 23.7 Å². The minimum atomic E-state index is -0.472. The van der Waals surface area contributed by atoms with E-state index in [1.165, 1.54) is 0 Å². The molecule has 8 heteroatoms. The summed E-state index contributed by atoms with van der Waals surface area (Å²) in [7, 11) is 4.02. The molecule has 3 aromatic carbocycles. The first-order valence-corrected chi connectivity index (χ1v) is 13.8. The van der Waals surface area contributed by atoms with Gasteiger partial charge in [-0.15, -0.1) is 0 Å². The van der Waals surface area contributed by atoms with E-state index in [1.807, 2.05) is 47.0 Å². The Morgan fingerprint density at radius 2 is 1.20 bits per heavy atom. The number of nitrogens with zero attached hydrogens (tertiary/aromatic N) is 1. The fourth-order valence-electron chi connectivity index (χ4n) is 3.59. The van der Waals surface area contributed by atoms with Crippen LogP contribution in [0.5, 0.6) is 11.5 Å². The average molecular weight is 564 g/mol. The molecule has 0 aliphatic heterocycles. The Hall–Kier alpha value is -3.88. The van der Waals surface area contributed by atoms with E-state index in [1.54, 1.807) is 36.4 Å². The van der Waals surface area contributed by atoms with Crippen molar-refractivity contribution in [1.82, 2.24) is 0 Å². The minimum absolute atomic E-state index is 0.213. The van der Waals surface area contributed by atoms with E-state index < -0.39 is 11.4 Å². The average Bonchev–Trinajstić information content (AvgIpc) is 2.98. The standard InChI is InChI=1S/C33H41NO7/c1-6-33(2,3)32(36)40-24-22-38-20-19-37-21-23-39-29-15-11-27(12-16-29)31(35)41-30-17-9-26(10-18-30)25-7-13-28(14-8-25)34(4)5/h7-18H,6,19-24H2,1-5H3. The van der Waals surface area contributed by atoms with Gasteiger partial charge in [0.05, 0.1) is 37.4 Å². The Labute approximate surface area is 243 Å². The lowest BCUT2D eigenvalue weighted by molar-refractivity contribution is -0.155. The first kappa shape index (κ1) is 31.6. The van der Waals surface area contributed by atoms with Crippen LogP contribution in [0.3, 0.4) is 0 Å². The number of benzene rings is 3. The second kappa shape index (κ2) is 15.8. The van der Waals surface area contributed by atoms with E-state index in [9.17, 15) is 9.59 Å². The van der Waals surface area contributed by atoms with Crippen molar-refractivity contribution in [2.75, 3.05) is 58.6 Å². The van der Waals surface area contributed by atoms with Crippen LogP contribution >= 0.6 is 0 Å². The predicted octanol–water partition coefficient (Wildman–Crippen LogP) is 6.03. The molecule has 0 radical (unpaired) electrons. The van der Waals surface area contributed by atoms with E-state index in [0.29, 0.717) is 50.1 Å². The highest BCUT2D eigenvalue weighted by molar-refractivity contribution is 5.91. The van der Waals surface area contributed by atoms with Crippen molar-refractivity contribution in [3.63, 3.8) is 0 Å². The minimum Gasteiger partial charge on any atom is -0.491 e. The van der Waals surface area contributed by atoms with E-state index in [-0.39, 0.29) is 12.6 Å². The first-order valence-electron chi connectivity index (χ1n) is 13.8. The maximum atomic E-state index is 12.6. The highest BCUT2D eigenvalue weighted by Gasteiger charge is 2.26. The van der Waals surface area contributed by atoms with Gasteiger partial charge in [0.25, 0.3) is 0 Å². The summed E-state index contributed by atoms with van der Waals surface area (Å²) in [4.78, 5) is 26.5. The van der Waals surface area contributed by atoms with E-state index in [2.05, 4.69) is 29.2 Å². The molecule has 220 valence electrons. The highest BCUT2D eigenvalue weighted by Crippen LogP contribution is 2.25. The Morgan fingerprint density at radius 3 is 1.76 bits per heavy atom. The van der Waals surface area contributed by atoms with Crippen molar-refractivity contribution in [1.29, 1.82) is 0 Å². The Kier molecular flexibility index (Phi) is 12.2. The SMILES string of the molecule is CCC(C)(C)C(=O)OCCOCCOCCOc1ccc(C(=O)Oc2ccc(-c3ccc(N(C)C)cc3)cc2)cc1. The maximum Gasteiger partial charge on any atom is 0.343 e. The fourth-order valence-corrected chi connectivity index (χ4v) is 3.59. The summed E-state index contributed by atoms with van der Waals surface area (Å²) in [6.07, 6.45) is 0.725. The van der Waals surface area contributed by atoms with Crippen LogP contribution in [-0.4, -0.2) is 65.7 Å². The largest absolute Gasteiger partial charge is 0.491 e. The monoisotopic (exact) mass is 563 g/mol. The molecule has 0 atom stereocenters. The number of rotatable bonds is 16. The predicted molar refractivity (Wildman–Crippen MR) is 160 cm³/mol. The number of hydrogen-bond donors (Lipinski definition) is 0. The van der Waals surface area contributed by atoms with Gasteiger partial charge >= 0.3 is 11.9 Å². The Morgan fingerprint density at radius 1 is 0.683 bits per heavy atom. The molecule has 41 heavy (non-hydrogen) atoms. The molecule has 0 heterocycles. The molecule has 0 aliphatic carbocycles. The summed E-state index contributed by atoms with van der Waals surface area (Å²) >= 11 is 0. The molecule has 0 amide bonds. The second-order valence-electron chi connectivity index (χ2n) is 10.3. The van der Waals surface area contributed by atoms with Gasteiger partial charge in [0.15, 0.2) is 0 Å². The molecule has 3 rings (SSSR count). The number of hydrogen-bond acceptors (Lipinski definition) is 8. The van der Waals surface area contributed by atoms with Crippen molar-refractivity contribution in [3.8, 4) is 22.6 Å². The van der Waals surface area contributed by atoms with Gasteiger partial charge in [-0.3, -0.25) is 4.79 Å². The lowest BCUT2D eigenvalue weighted by atomic mass is 9.91. The topological polar surface area (TPSA) is 83.5 Å². The van der Waals surface area contributed by atoms with Crippen molar-refractivity contribution >= 4 is 17.6 Å². The Bertz CT molecular complexity index is 1220. The van der Waals surface area contributed by atoms with Crippen LogP contribution in [0.25, 0.3) is 11.1 Å². The molecular weight excluding hydrogens is 522 g/mol. The van der Waals surface area contributed by atoms with Crippen LogP contribution in [-0.2, 0) is 19.0 Å². The smallest absolute Gasteiger partial charge is 0.343 e. The molecule has 0 aromatic heterocycles. The molecule has 0 aliphatic rings. The normalized spacial score (nSPS) is 11.1. The maximum absolute atomic E-state index is 12.6. The molecule has 0 N–H and O–H groups in total. The van der Waals surface area contributed by atoms with Crippen LogP contribution < -0.4 is 14.4 Å². The molecule has 0 spiro atoms. The summed E-state index contributed by atoms with van der Waals surface area (Å²) in [6, 6.07) is 22.5. The molecule has 0 saturated heterocycles. The second-order valence-corrected chi connectivity index (χ2v) is 10.3. The summed E-state index contributed by atoms with van der Waals surface area (Å²) in [5.41, 5.74) is 3.23. The molecule has 3 aromatic rings. The quantitative estimate of drug-likeness (QED) is 0.119. The zero-order valence-electron chi connectivity index (χ0n) is 24.7. The lowest BCUT2D eigenvalue weighted by Gasteiger charge is -2.20.